The van der Waals surface area contributed by atoms with Crippen LogP contribution in [0.2, 0.25) is 5.02 Å². The second kappa shape index (κ2) is 8.23. The van der Waals surface area contributed by atoms with Crippen molar-refractivity contribution in [3.63, 3.8) is 0 Å². The van der Waals surface area contributed by atoms with Crippen molar-refractivity contribution in [3.05, 3.63) is 41.4 Å². The minimum Gasteiger partial charge on any atom is -0.464 e. The number of carbonyl (C=O) groups excluding carboxylic acids is 2. The van der Waals surface area contributed by atoms with Gasteiger partial charge >= 0.3 is 12.1 Å². The third-order valence-electron chi connectivity index (χ3n) is 3.41. The van der Waals surface area contributed by atoms with Gasteiger partial charge in [0.25, 0.3) is 0 Å². The molecule has 0 unspecified atom stereocenters. The number of esters is 1. The van der Waals surface area contributed by atoms with Crippen LogP contribution in [-0.4, -0.2) is 40.9 Å². The molecule has 8 heteroatoms. The second-order valence-electron chi connectivity index (χ2n) is 6.55. The maximum absolute atomic E-state index is 12.1. The molecule has 0 fully saturated rings. The number of alkyl carbamates (subject to hydrolysis) is 1. The molecule has 0 aliphatic rings. The Hall–Kier alpha value is -2.54. The summed E-state index contributed by atoms with van der Waals surface area (Å²) < 4.78 is 11.7. The van der Waals surface area contributed by atoms with E-state index in [1.807, 2.05) is 0 Å². The van der Waals surface area contributed by atoms with Gasteiger partial charge in [-0.25, -0.2) is 9.59 Å². The normalized spacial score (nSPS) is 11.1. The van der Waals surface area contributed by atoms with Crippen LogP contribution in [0.25, 0.3) is 11.1 Å². The van der Waals surface area contributed by atoms with Crippen LogP contribution in [0, 0.1) is 0 Å². The number of amides is 1. The molecular weight excluding hydrogens is 358 g/mol. The molecule has 2 heterocycles. The Labute approximate surface area is 157 Å². The van der Waals surface area contributed by atoms with Crippen LogP contribution in [-0.2, 0) is 16.0 Å². The third kappa shape index (κ3) is 4.98. The zero-order chi connectivity index (χ0) is 19.3. The van der Waals surface area contributed by atoms with E-state index in [1.54, 1.807) is 56.1 Å². The number of rotatable bonds is 5. The highest BCUT2D eigenvalue weighted by atomic mass is 35.5. The van der Waals surface area contributed by atoms with Gasteiger partial charge in [-0.3, -0.25) is 4.98 Å². The zero-order valence-corrected chi connectivity index (χ0v) is 16.0. The fourth-order valence-corrected chi connectivity index (χ4v) is 2.68. The summed E-state index contributed by atoms with van der Waals surface area (Å²) in [6.07, 6.45) is 4.51. The van der Waals surface area contributed by atoms with Crippen LogP contribution in [0.1, 0.15) is 31.3 Å². The summed E-state index contributed by atoms with van der Waals surface area (Å²) >= 11 is 6.41. The van der Waals surface area contributed by atoms with Crippen LogP contribution >= 0.6 is 11.6 Å². The van der Waals surface area contributed by atoms with E-state index in [9.17, 15) is 9.59 Å². The molecule has 26 heavy (non-hydrogen) atoms. The fraction of sp³-hybridized carbons (Fsp3) is 0.389. The van der Waals surface area contributed by atoms with E-state index < -0.39 is 17.7 Å². The lowest BCUT2D eigenvalue weighted by Gasteiger charge is -2.19. The van der Waals surface area contributed by atoms with Gasteiger partial charge in [0.2, 0.25) is 0 Å². The maximum atomic E-state index is 12.1. The van der Waals surface area contributed by atoms with Crippen molar-refractivity contribution < 1.29 is 19.1 Å². The molecule has 0 saturated heterocycles. The molecule has 2 aromatic heterocycles. The van der Waals surface area contributed by atoms with Gasteiger partial charge in [-0.1, -0.05) is 11.6 Å². The minimum atomic E-state index is -0.577. The number of nitrogens with one attached hydrogen (secondary N) is 1. The van der Waals surface area contributed by atoms with Crippen LogP contribution in [0.5, 0.6) is 0 Å². The van der Waals surface area contributed by atoms with Gasteiger partial charge in [0, 0.05) is 37.2 Å². The van der Waals surface area contributed by atoms with Gasteiger partial charge in [-0.05, 0) is 38.5 Å². The quantitative estimate of drug-likeness (QED) is 0.804. The molecule has 140 valence electrons. The van der Waals surface area contributed by atoms with Crippen molar-refractivity contribution in [3.8, 4) is 11.1 Å². The van der Waals surface area contributed by atoms with Gasteiger partial charge in [-0.15, -0.1) is 0 Å². The largest absolute Gasteiger partial charge is 0.464 e. The number of ether oxygens (including phenoxy) is 2. The van der Waals surface area contributed by atoms with Crippen LogP contribution < -0.4 is 5.32 Å². The predicted octanol–water partition coefficient (Wildman–Crippen LogP) is 3.51. The van der Waals surface area contributed by atoms with Crippen molar-refractivity contribution in [2.45, 2.75) is 32.9 Å². The smallest absolute Gasteiger partial charge is 0.407 e. The Morgan fingerprint density at radius 3 is 2.50 bits per heavy atom. The number of methoxy groups -OCH3 is 1. The van der Waals surface area contributed by atoms with Crippen LogP contribution in [0.15, 0.2) is 30.7 Å². The summed E-state index contributed by atoms with van der Waals surface area (Å²) in [4.78, 5) is 27.9. The second-order valence-corrected chi connectivity index (χ2v) is 6.93. The van der Waals surface area contributed by atoms with Crippen molar-refractivity contribution in [1.82, 2.24) is 14.9 Å². The SMILES string of the molecule is COC(=O)c1c(Cl)c(-c2ccncc2)cn1CCNC(=O)OC(C)(C)C. The molecule has 0 aliphatic heterocycles. The Morgan fingerprint density at radius 2 is 1.92 bits per heavy atom. The van der Waals surface area contributed by atoms with Crippen molar-refractivity contribution in [1.29, 1.82) is 0 Å². The summed E-state index contributed by atoms with van der Waals surface area (Å²) in [5, 5.41) is 2.95. The van der Waals surface area contributed by atoms with Gasteiger partial charge in [-0.2, -0.15) is 0 Å². The van der Waals surface area contributed by atoms with E-state index in [4.69, 9.17) is 21.1 Å². The Morgan fingerprint density at radius 1 is 1.27 bits per heavy atom. The first-order valence-electron chi connectivity index (χ1n) is 8.07. The molecule has 0 bridgehead atoms. The highest BCUT2D eigenvalue weighted by Crippen LogP contribution is 2.32. The molecule has 0 aliphatic carbocycles. The average molecular weight is 380 g/mol. The molecule has 2 rings (SSSR count). The van der Waals surface area contributed by atoms with Crippen molar-refractivity contribution in [2.75, 3.05) is 13.7 Å². The first-order valence-corrected chi connectivity index (χ1v) is 8.45. The number of aromatic nitrogens is 2. The summed E-state index contributed by atoms with van der Waals surface area (Å²) in [5.41, 5.74) is 1.17. The average Bonchev–Trinajstić information content (AvgIpc) is 2.90. The van der Waals surface area contributed by atoms with Crippen LogP contribution in [0.4, 0.5) is 4.79 Å². The molecular formula is C18H22ClN3O4. The summed E-state index contributed by atoms with van der Waals surface area (Å²) in [6.45, 7) is 5.95. The monoisotopic (exact) mass is 379 g/mol. The van der Waals surface area contributed by atoms with Gasteiger partial charge in [0.05, 0.1) is 12.1 Å². The lowest BCUT2D eigenvalue weighted by molar-refractivity contribution is 0.0526. The number of hydrogen-bond acceptors (Lipinski definition) is 5. The Kier molecular flexibility index (Phi) is 6.26. The van der Waals surface area contributed by atoms with Gasteiger partial charge in [0.1, 0.15) is 11.3 Å². The van der Waals surface area contributed by atoms with Crippen LogP contribution in [0.3, 0.4) is 0 Å². The highest BCUT2D eigenvalue weighted by Gasteiger charge is 2.22. The number of pyridine rings is 1. The van der Waals surface area contributed by atoms with Crippen molar-refractivity contribution >= 4 is 23.7 Å². The van der Waals surface area contributed by atoms with Gasteiger partial charge in [0.15, 0.2) is 0 Å². The van der Waals surface area contributed by atoms with E-state index in [1.165, 1.54) is 7.11 Å². The summed E-state index contributed by atoms with van der Waals surface area (Å²) in [7, 11) is 1.29. The molecule has 1 N–H and O–H groups in total. The summed E-state index contributed by atoms with van der Waals surface area (Å²) in [6, 6.07) is 3.59. The lowest BCUT2D eigenvalue weighted by atomic mass is 10.1. The van der Waals surface area contributed by atoms with E-state index in [0.29, 0.717) is 17.1 Å². The first kappa shape index (κ1) is 19.8. The number of nitrogens with zero attached hydrogens (tertiary/aromatic N) is 2. The molecule has 0 spiro atoms. The molecule has 0 radical (unpaired) electrons. The van der Waals surface area contributed by atoms with E-state index >= 15 is 0 Å². The predicted molar refractivity (Wildman–Crippen MR) is 98.2 cm³/mol. The van der Waals surface area contributed by atoms with E-state index in [-0.39, 0.29) is 12.2 Å². The standard InChI is InChI=1S/C18H22ClN3O4/c1-18(2,3)26-17(24)21-9-10-22-11-13(12-5-7-20-8-6-12)14(19)15(22)16(23)25-4/h5-8,11H,9-10H2,1-4H3,(H,21,24). The topological polar surface area (TPSA) is 82.5 Å². The summed E-state index contributed by atoms with van der Waals surface area (Å²) in [5.74, 6) is -0.549. The fourth-order valence-electron chi connectivity index (χ4n) is 2.34. The van der Waals surface area contributed by atoms with Gasteiger partial charge < -0.3 is 19.4 Å². The molecule has 0 aromatic carbocycles. The molecule has 1 amide bonds. The van der Waals surface area contributed by atoms with E-state index in [0.717, 1.165) is 5.56 Å². The first-order chi connectivity index (χ1) is 12.2. The van der Waals surface area contributed by atoms with Crippen molar-refractivity contribution in [2.24, 2.45) is 0 Å². The zero-order valence-electron chi connectivity index (χ0n) is 15.2. The minimum absolute atomic E-state index is 0.229. The maximum Gasteiger partial charge on any atom is 0.407 e. The molecule has 7 nitrogen and oxygen atoms in total. The number of halogens is 1. The molecule has 2 aromatic rings. The number of hydrogen-bond donors (Lipinski definition) is 1. The lowest BCUT2D eigenvalue weighted by Crippen LogP contribution is -2.34. The van der Waals surface area contributed by atoms with E-state index in [2.05, 4.69) is 10.3 Å². The highest BCUT2D eigenvalue weighted by molar-refractivity contribution is 6.36. The third-order valence-corrected chi connectivity index (χ3v) is 3.79. The Balaban J connectivity index is 2.19. The Bertz CT molecular complexity index is 782. The molecule has 0 atom stereocenters. The number of carbonyl (C=O) groups is 2. The molecule has 0 saturated carbocycles.